The summed E-state index contributed by atoms with van der Waals surface area (Å²) in [6, 6.07) is 16.4. The summed E-state index contributed by atoms with van der Waals surface area (Å²) in [7, 11) is 0. The first kappa shape index (κ1) is 20.9. The fraction of sp³-hybridized carbons (Fsp3) is 0.333. The zero-order chi connectivity index (χ0) is 20.6. The van der Waals surface area contributed by atoms with Crippen molar-refractivity contribution >= 4 is 17.4 Å². The van der Waals surface area contributed by atoms with E-state index in [-0.39, 0.29) is 10.6 Å². The molecule has 7 nitrogen and oxygen atoms in total. The molecule has 152 valence electrons. The molecule has 2 aromatic carbocycles. The first-order chi connectivity index (χ1) is 14.0. The van der Waals surface area contributed by atoms with Gasteiger partial charge < -0.3 is 9.30 Å². The fourth-order valence-corrected chi connectivity index (χ4v) is 3.74. The first-order valence-electron chi connectivity index (χ1n) is 9.49. The second-order valence-electron chi connectivity index (χ2n) is 7.01. The van der Waals surface area contributed by atoms with Crippen LogP contribution in [0.4, 0.5) is 5.69 Å². The minimum absolute atomic E-state index is 0.126. The molecule has 0 spiro atoms. The molecule has 0 radical (unpaired) electrons. The number of ether oxygens (including phenoxy) is 1. The van der Waals surface area contributed by atoms with Crippen molar-refractivity contribution in [2.75, 3.05) is 0 Å². The number of rotatable bonds is 10. The minimum Gasteiger partial charge on any atom is -0.486 e. The van der Waals surface area contributed by atoms with E-state index in [2.05, 4.69) is 28.6 Å². The molecule has 0 fully saturated rings. The Kier molecular flexibility index (Phi) is 7.24. The van der Waals surface area contributed by atoms with E-state index in [0.717, 1.165) is 29.7 Å². The van der Waals surface area contributed by atoms with Crippen molar-refractivity contribution in [1.82, 2.24) is 14.8 Å². The monoisotopic (exact) mass is 412 g/mol. The van der Waals surface area contributed by atoms with Crippen LogP contribution >= 0.6 is 11.8 Å². The van der Waals surface area contributed by atoms with E-state index in [0.29, 0.717) is 23.8 Å². The number of para-hydroxylation sites is 2. The Balaban J connectivity index is 1.75. The van der Waals surface area contributed by atoms with Gasteiger partial charge >= 0.3 is 0 Å². The van der Waals surface area contributed by atoms with Gasteiger partial charge in [-0.2, -0.15) is 0 Å². The molecule has 0 N–H and O–H groups in total. The minimum atomic E-state index is -0.349. The van der Waals surface area contributed by atoms with E-state index in [9.17, 15) is 10.1 Å². The molecule has 0 saturated carbocycles. The maximum Gasteiger partial charge on any atom is 0.273 e. The standard InChI is InChI=1S/C21H24N4O3S/c1-16(2)12-13-24-20(14-28-18-9-4-3-5-10-18)22-23-21(24)29-15-17-8-6-7-11-19(17)25(26)27/h3-11,16H,12-15H2,1-2H3. The van der Waals surface area contributed by atoms with Crippen molar-refractivity contribution in [3.05, 3.63) is 76.1 Å². The molecule has 0 aliphatic rings. The number of nitro groups is 1. The fourth-order valence-electron chi connectivity index (χ4n) is 2.76. The molecule has 8 heteroatoms. The van der Waals surface area contributed by atoms with E-state index in [1.165, 1.54) is 17.8 Å². The van der Waals surface area contributed by atoms with Crippen LogP contribution in [0.1, 0.15) is 31.7 Å². The molecule has 29 heavy (non-hydrogen) atoms. The molecule has 3 rings (SSSR count). The summed E-state index contributed by atoms with van der Waals surface area (Å²) in [6.45, 7) is 5.44. The van der Waals surface area contributed by atoms with Crippen molar-refractivity contribution in [1.29, 1.82) is 0 Å². The van der Waals surface area contributed by atoms with Gasteiger partial charge in [-0.25, -0.2) is 0 Å². The molecule has 0 saturated heterocycles. The van der Waals surface area contributed by atoms with Crippen molar-refractivity contribution in [2.45, 2.75) is 44.3 Å². The lowest BCUT2D eigenvalue weighted by molar-refractivity contribution is -0.385. The lowest BCUT2D eigenvalue weighted by atomic mass is 10.1. The van der Waals surface area contributed by atoms with E-state index >= 15 is 0 Å². The summed E-state index contributed by atoms with van der Waals surface area (Å²) in [6.07, 6.45) is 0.982. The van der Waals surface area contributed by atoms with E-state index < -0.39 is 0 Å². The molecule has 1 aromatic heterocycles. The van der Waals surface area contributed by atoms with Crippen molar-refractivity contribution in [3.63, 3.8) is 0 Å². The molecular weight excluding hydrogens is 388 g/mol. The van der Waals surface area contributed by atoms with Gasteiger partial charge in [0.05, 0.1) is 4.92 Å². The predicted molar refractivity (Wildman–Crippen MR) is 113 cm³/mol. The Morgan fingerprint density at radius 3 is 2.55 bits per heavy atom. The third-order valence-corrected chi connectivity index (χ3v) is 5.40. The molecular formula is C21H24N4O3S. The summed E-state index contributed by atoms with van der Waals surface area (Å²) in [5.41, 5.74) is 0.795. The predicted octanol–water partition coefficient (Wildman–Crippen LogP) is 5.10. The van der Waals surface area contributed by atoms with Crippen LogP contribution < -0.4 is 4.74 Å². The number of nitro benzene ring substituents is 1. The molecule has 0 aliphatic heterocycles. The molecule has 0 aliphatic carbocycles. The lowest BCUT2D eigenvalue weighted by Crippen LogP contribution is -2.10. The van der Waals surface area contributed by atoms with Crippen LogP contribution in [0.5, 0.6) is 5.75 Å². The average Bonchev–Trinajstić information content (AvgIpc) is 3.11. The number of benzene rings is 2. The summed E-state index contributed by atoms with van der Waals surface area (Å²) in [4.78, 5) is 10.9. The molecule has 0 unspecified atom stereocenters. The Hall–Kier alpha value is -2.87. The van der Waals surface area contributed by atoms with Crippen LogP contribution in [0, 0.1) is 16.0 Å². The second kappa shape index (κ2) is 10.1. The summed E-state index contributed by atoms with van der Waals surface area (Å²) in [5, 5.41) is 20.6. The molecule has 0 bridgehead atoms. The number of hydrogen-bond donors (Lipinski definition) is 0. The van der Waals surface area contributed by atoms with Crippen LogP contribution in [0.15, 0.2) is 59.8 Å². The third-order valence-electron chi connectivity index (χ3n) is 4.38. The number of thioether (sulfide) groups is 1. The van der Waals surface area contributed by atoms with Crippen molar-refractivity contribution in [2.24, 2.45) is 5.92 Å². The van der Waals surface area contributed by atoms with Gasteiger partial charge in [-0.05, 0) is 24.5 Å². The smallest absolute Gasteiger partial charge is 0.273 e. The van der Waals surface area contributed by atoms with Gasteiger partial charge in [0.15, 0.2) is 11.0 Å². The highest BCUT2D eigenvalue weighted by molar-refractivity contribution is 7.98. The molecule has 3 aromatic rings. The number of hydrogen-bond acceptors (Lipinski definition) is 6. The Bertz CT molecular complexity index is 944. The Morgan fingerprint density at radius 1 is 1.10 bits per heavy atom. The zero-order valence-electron chi connectivity index (χ0n) is 16.5. The van der Waals surface area contributed by atoms with Gasteiger partial charge in [0.1, 0.15) is 12.4 Å². The van der Waals surface area contributed by atoms with E-state index in [4.69, 9.17) is 4.74 Å². The van der Waals surface area contributed by atoms with Gasteiger partial charge in [-0.15, -0.1) is 10.2 Å². The van der Waals surface area contributed by atoms with Gasteiger partial charge in [-0.1, -0.05) is 62.0 Å². The van der Waals surface area contributed by atoms with Crippen LogP contribution in [-0.4, -0.2) is 19.7 Å². The topological polar surface area (TPSA) is 83.1 Å². The largest absolute Gasteiger partial charge is 0.486 e. The van der Waals surface area contributed by atoms with Crippen LogP contribution in [0.25, 0.3) is 0 Å². The Labute approximate surface area is 174 Å². The maximum atomic E-state index is 11.2. The highest BCUT2D eigenvalue weighted by Gasteiger charge is 2.17. The number of aromatic nitrogens is 3. The van der Waals surface area contributed by atoms with Gasteiger partial charge in [0.2, 0.25) is 0 Å². The van der Waals surface area contributed by atoms with Crippen LogP contribution in [-0.2, 0) is 18.9 Å². The zero-order valence-corrected chi connectivity index (χ0v) is 17.3. The van der Waals surface area contributed by atoms with Crippen LogP contribution in [0.2, 0.25) is 0 Å². The van der Waals surface area contributed by atoms with Gasteiger partial charge in [-0.3, -0.25) is 10.1 Å². The van der Waals surface area contributed by atoms with E-state index in [1.54, 1.807) is 12.1 Å². The molecule has 0 amide bonds. The SMILES string of the molecule is CC(C)CCn1c(COc2ccccc2)nnc1SCc1ccccc1[N+](=O)[O-]. The van der Waals surface area contributed by atoms with E-state index in [1.807, 2.05) is 36.4 Å². The van der Waals surface area contributed by atoms with Gasteiger partial charge in [0, 0.05) is 23.9 Å². The molecule has 1 heterocycles. The quantitative estimate of drug-likeness (QED) is 0.262. The highest BCUT2D eigenvalue weighted by atomic mass is 32.2. The first-order valence-corrected chi connectivity index (χ1v) is 10.5. The lowest BCUT2D eigenvalue weighted by Gasteiger charge is -2.12. The highest BCUT2D eigenvalue weighted by Crippen LogP contribution is 2.28. The van der Waals surface area contributed by atoms with Gasteiger partial charge in [0.25, 0.3) is 5.69 Å². The van der Waals surface area contributed by atoms with Crippen molar-refractivity contribution < 1.29 is 9.66 Å². The summed E-state index contributed by atoms with van der Waals surface area (Å²) in [5.74, 6) is 2.52. The van der Waals surface area contributed by atoms with Crippen molar-refractivity contribution in [3.8, 4) is 5.75 Å². The normalized spacial score (nSPS) is 11.0. The summed E-state index contributed by atoms with van der Waals surface area (Å²) < 4.78 is 7.90. The second-order valence-corrected chi connectivity index (χ2v) is 7.95. The number of nitrogens with zero attached hydrogens (tertiary/aromatic N) is 4. The average molecular weight is 413 g/mol. The Morgan fingerprint density at radius 2 is 1.83 bits per heavy atom. The maximum absolute atomic E-state index is 11.2. The molecule has 0 atom stereocenters. The van der Waals surface area contributed by atoms with Crippen LogP contribution in [0.3, 0.4) is 0 Å². The third kappa shape index (κ3) is 5.80. The summed E-state index contributed by atoms with van der Waals surface area (Å²) >= 11 is 1.46.